The zero-order chi connectivity index (χ0) is 31.7. The minimum atomic E-state index is -3.07. The normalized spacial score (nSPS) is 18.0. The molecule has 1 aromatic heterocycles. The first kappa shape index (κ1) is 31.0. The molecule has 2 aliphatic rings. The first-order valence-electron chi connectivity index (χ1n) is 14.1. The quantitative estimate of drug-likeness (QED) is 0.353. The number of nitrogens with zero attached hydrogens (tertiary/aromatic N) is 2. The summed E-state index contributed by atoms with van der Waals surface area (Å²) in [5, 5.41) is 12.2. The summed E-state index contributed by atoms with van der Waals surface area (Å²) >= 11 is 0. The molecule has 13 heteroatoms. The van der Waals surface area contributed by atoms with Crippen LogP contribution in [0.3, 0.4) is 0 Å². The number of fused-ring (bicyclic) bond motifs is 1. The molecule has 234 valence electrons. The monoisotopic (exact) mass is 617 g/mol. The van der Waals surface area contributed by atoms with Gasteiger partial charge in [0.05, 0.1) is 13.7 Å². The number of aliphatic hydroxyl groups excluding tert-OH is 1. The van der Waals surface area contributed by atoms with Gasteiger partial charge in [0.15, 0.2) is 0 Å². The molecular weight excluding hydrogens is 586 g/mol. The highest BCUT2D eigenvalue weighted by molar-refractivity contribution is 6.05. The minimum Gasteiger partial charge on any atom is -0.497 e. The Morgan fingerprint density at radius 1 is 1.07 bits per heavy atom. The Labute approximate surface area is 250 Å². The lowest BCUT2D eigenvalue weighted by atomic mass is 9.91. The van der Waals surface area contributed by atoms with Crippen molar-refractivity contribution in [1.29, 1.82) is 0 Å². The molecule has 2 heterocycles. The smallest absolute Gasteiger partial charge is 0.387 e. The number of pyridine rings is 1. The number of amides is 2. The van der Waals surface area contributed by atoms with E-state index in [0.29, 0.717) is 18.4 Å². The lowest BCUT2D eigenvalue weighted by Gasteiger charge is -2.28. The van der Waals surface area contributed by atoms with E-state index in [4.69, 9.17) is 4.74 Å². The Morgan fingerprint density at radius 3 is 2.34 bits per heavy atom. The molecule has 2 amide bonds. The second-order valence-electron chi connectivity index (χ2n) is 10.7. The summed E-state index contributed by atoms with van der Waals surface area (Å²) in [5.41, 5.74) is 1.22. The predicted molar refractivity (Wildman–Crippen MR) is 151 cm³/mol. The number of anilines is 1. The van der Waals surface area contributed by atoms with Gasteiger partial charge >= 0.3 is 6.61 Å². The number of carbonyl (C=O) groups is 2. The van der Waals surface area contributed by atoms with E-state index >= 15 is 8.78 Å². The number of nitrogens with one attached hydrogen (secondary N) is 1. The predicted octanol–water partition coefficient (Wildman–Crippen LogP) is 3.85. The molecule has 2 atom stereocenters. The summed E-state index contributed by atoms with van der Waals surface area (Å²) in [7, 11) is 1.24. The van der Waals surface area contributed by atoms with Gasteiger partial charge in [-0.3, -0.25) is 14.4 Å². The fraction of sp³-hybridized carbons (Fsp3) is 0.387. The van der Waals surface area contributed by atoms with E-state index in [1.807, 2.05) is 0 Å². The summed E-state index contributed by atoms with van der Waals surface area (Å²) in [4.78, 5) is 42.3. The maximum Gasteiger partial charge on any atom is 0.387 e. The molecule has 3 aromatic rings. The van der Waals surface area contributed by atoms with Crippen LogP contribution in [-0.2, 0) is 24.2 Å². The number of ether oxygens (including phenoxy) is 2. The molecule has 1 aliphatic heterocycles. The van der Waals surface area contributed by atoms with Crippen molar-refractivity contribution in [2.45, 2.75) is 57.7 Å². The van der Waals surface area contributed by atoms with Crippen LogP contribution in [0, 0.1) is 18.6 Å². The summed E-state index contributed by atoms with van der Waals surface area (Å²) in [6.07, 6.45) is 3.01. The van der Waals surface area contributed by atoms with Gasteiger partial charge in [-0.25, -0.2) is 8.78 Å². The van der Waals surface area contributed by atoms with E-state index < -0.39 is 53.1 Å². The molecule has 0 radical (unpaired) electrons. The number of hydrogen-bond acceptors (Lipinski definition) is 6. The van der Waals surface area contributed by atoms with Crippen molar-refractivity contribution >= 4 is 17.5 Å². The molecule has 0 bridgehead atoms. The number of alkyl halides is 2. The molecule has 0 spiro atoms. The molecule has 5 rings (SSSR count). The Hall–Kier alpha value is -4.39. The maximum absolute atomic E-state index is 15.4. The average molecular weight is 618 g/mol. The first-order chi connectivity index (χ1) is 21.0. The van der Waals surface area contributed by atoms with Crippen LogP contribution in [0.4, 0.5) is 23.2 Å². The van der Waals surface area contributed by atoms with Gasteiger partial charge in [-0.1, -0.05) is 0 Å². The van der Waals surface area contributed by atoms with Crippen LogP contribution in [0.1, 0.15) is 51.5 Å². The number of methoxy groups -OCH3 is 1. The summed E-state index contributed by atoms with van der Waals surface area (Å²) in [6.45, 7) is -1.99. The second kappa shape index (κ2) is 12.7. The van der Waals surface area contributed by atoms with Gasteiger partial charge in [0.1, 0.15) is 34.9 Å². The van der Waals surface area contributed by atoms with E-state index in [1.165, 1.54) is 23.8 Å². The van der Waals surface area contributed by atoms with Crippen LogP contribution in [0.15, 0.2) is 41.2 Å². The third-order valence-corrected chi connectivity index (χ3v) is 8.21. The lowest BCUT2D eigenvalue weighted by molar-refractivity contribution is -0.118. The number of aliphatic hydroxyl groups is 1. The van der Waals surface area contributed by atoms with Crippen molar-refractivity contribution in [1.82, 2.24) is 9.88 Å². The third-order valence-electron chi connectivity index (χ3n) is 8.21. The standard InChI is InChI=1S/C31H31F4N3O6/c1-16-20-5-3-4-6-24(20)37(11-12-39)30(42)27(16)38-15-21(25-22(32)13-19(43-2)14-23(25)33)26(29(38)41)36-28(40)17-7-9-18(10-8-17)44-31(34)35/h7-10,13-14,21,26,31,39H,3-6,11-12,15H2,1-2H3,(H,36,40)/t21-,26-/m0/s1. The van der Waals surface area contributed by atoms with Crippen LogP contribution < -0.4 is 25.2 Å². The number of carbonyl (C=O) groups excluding carboxylic acids is 2. The zero-order valence-corrected chi connectivity index (χ0v) is 24.0. The number of benzene rings is 2. The summed E-state index contributed by atoms with van der Waals surface area (Å²) in [5.74, 6) is -5.13. The summed E-state index contributed by atoms with van der Waals surface area (Å²) < 4.78 is 66.6. The molecular formula is C31H31F4N3O6. The van der Waals surface area contributed by atoms with Gasteiger partial charge in [0, 0.05) is 48.0 Å². The van der Waals surface area contributed by atoms with Gasteiger partial charge in [-0.15, -0.1) is 0 Å². The minimum absolute atomic E-state index is 0.00702. The second-order valence-corrected chi connectivity index (χ2v) is 10.7. The fourth-order valence-corrected chi connectivity index (χ4v) is 6.20. The van der Waals surface area contributed by atoms with Crippen LogP contribution in [-0.4, -0.2) is 54.4 Å². The Balaban J connectivity index is 1.58. The first-order valence-corrected chi connectivity index (χ1v) is 14.1. The van der Waals surface area contributed by atoms with E-state index in [9.17, 15) is 28.3 Å². The fourth-order valence-electron chi connectivity index (χ4n) is 6.20. The molecule has 1 saturated heterocycles. The number of hydrogen-bond donors (Lipinski definition) is 2. The van der Waals surface area contributed by atoms with E-state index in [0.717, 1.165) is 53.3 Å². The molecule has 44 heavy (non-hydrogen) atoms. The van der Waals surface area contributed by atoms with Crippen LogP contribution in [0.5, 0.6) is 11.5 Å². The molecule has 9 nitrogen and oxygen atoms in total. The van der Waals surface area contributed by atoms with Gasteiger partial charge in [-0.2, -0.15) is 8.78 Å². The van der Waals surface area contributed by atoms with Crippen molar-refractivity contribution in [2.24, 2.45) is 0 Å². The summed E-state index contributed by atoms with van der Waals surface area (Å²) in [6, 6.07) is 5.12. The van der Waals surface area contributed by atoms with E-state index in [-0.39, 0.29) is 42.4 Å². The number of rotatable bonds is 9. The maximum atomic E-state index is 15.4. The molecule has 0 unspecified atom stereocenters. The van der Waals surface area contributed by atoms with Crippen LogP contribution >= 0.6 is 0 Å². The Bertz CT molecular complexity index is 1620. The molecule has 2 aromatic carbocycles. The third kappa shape index (κ3) is 5.75. The number of halogens is 4. The van der Waals surface area contributed by atoms with Crippen molar-refractivity contribution in [2.75, 3.05) is 25.2 Å². The Kier molecular flexibility index (Phi) is 8.95. The largest absolute Gasteiger partial charge is 0.497 e. The van der Waals surface area contributed by atoms with E-state index in [1.54, 1.807) is 6.92 Å². The van der Waals surface area contributed by atoms with Gasteiger partial charge in [0.25, 0.3) is 11.5 Å². The Morgan fingerprint density at radius 2 is 1.73 bits per heavy atom. The van der Waals surface area contributed by atoms with E-state index in [2.05, 4.69) is 10.1 Å². The highest BCUT2D eigenvalue weighted by atomic mass is 19.3. The van der Waals surface area contributed by atoms with Crippen molar-refractivity contribution in [3.8, 4) is 11.5 Å². The van der Waals surface area contributed by atoms with Gasteiger partial charge < -0.3 is 29.4 Å². The number of aromatic nitrogens is 1. The highest BCUT2D eigenvalue weighted by Gasteiger charge is 2.46. The van der Waals surface area contributed by atoms with Gasteiger partial charge in [0.2, 0.25) is 5.91 Å². The highest BCUT2D eigenvalue weighted by Crippen LogP contribution is 2.38. The molecule has 0 saturated carbocycles. The van der Waals surface area contributed by atoms with Crippen molar-refractivity contribution < 1.29 is 41.7 Å². The zero-order valence-electron chi connectivity index (χ0n) is 24.0. The molecule has 1 fully saturated rings. The van der Waals surface area contributed by atoms with Crippen LogP contribution in [0.25, 0.3) is 0 Å². The van der Waals surface area contributed by atoms with Crippen molar-refractivity contribution in [3.05, 3.63) is 86.3 Å². The van der Waals surface area contributed by atoms with Crippen LogP contribution in [0.2, 0.25) is 0 Å². The average Bonchev–Trinajstić information content (AvgIpc) is 3.29. The molecule has 2 N–H and O–H groups in total. The lowest BCUT2D eigenvalue weighted by Crippen LogP contribution is -2.45. The molecule has 1 aliphatic carbocycles. The SMILES string of the molecule is COc1cc(F)c([C@@H]2CN(c3c(C)c4c(n(CCO)c3=O)CCCC4)C(=O)[C@H]2NC(=O)c2ccc(OC(F)F)cc2)c(F)c1. The van der Waals surface area contributed by atoms with Gasteiger partial charge in [-0.05, 0) is 68.0 Å². The topological polar surface area (TPSA) is 110 Å². The van der Waals surface area contributed by atoms with Crippen molar-refractivity contribution in [3.63, 3.8) is 0 Å².